The van der Waals surface area contributed by atoms with Crippen LogP contribution in [0, 0.1) is 5.82 Å². The summed E-state index contributed by atoms with van der Waals surface area (Å²) in [6.07, 6.45) is 2.03. The minimum absolute atomic E-state index is 0.0203. The van der Waals surface area contributed by atoms with Crippen LogP contribution in [0.25, 0.3) is 0 Å². The van der Waals surface area contributed by atoms with Gasteiger partial charge >= 0.3 is 0 Å². The summed E-state index contributed by atoms with van der Waals surface area (Å²) in [5.74, 6) is -0.249. The molecule has 0 radical (unpaired) electrons. The molecule has 1 atom stereocenters. The zero-order valence-corrected chi connectivity index (χ0v) is 16.3. The van der Waals surface area contributed by atoms with E-state index in [0.29, 0.717) is 26.2 Å². The van der Waals surface area contributed by atoms with Gasteiger partial charge in [0.1, 0.15) is 5.82 Å². The lowest BCUT2D eigenvalue weighted by atomic mass is 9.93. The molecule has 148 valence electrons. The Morgan fingerprint density at radius 2 is 1.54 bits per heavy atom. The lowest BCUT2D eigenvalue weighted by Crippen LogP contribution is -2.52. The number of halogens is 1. The highest BCUT2D eigenvalue weighted by Crippen LogP contribution is 2.24. The Morgan fingerprint density at radius 1 is 0.929 bits per heavy atom. The second-order valence-electron chi connectivity index (χ2n) is 7.26. The lowest BCUT2D eigenvalue weighted by molar-refractivity contribution is -0.140. The van der Waals surface area contributed by atoms with Gasteiger partial charge in [-0.05, 0) is 29.7 Å². The summed E-state index contributed by atoms with van der Waals surface area (Å²) in [6, 6.07) is 16.0. The van der Waals surface area contributed by atoms with E-state index in [9.17, 15) is 14.0 Å². The van der Waals surface area contributed by atoms with Gasteiger partial charge in [0.05, 0.1) is 12.3 Å². The molecule has 3 rings (SSSR count). The molecule has 1 aliphatic rings. The fourth-order valence-electron chi connectivity index (χ4n) is 3.69. The average Bonchev–Trinajstić information content (AvgIpc) is 2.74. The van der Waals surface area contributed by atoms with E-state index in [1.54, 1.807) is 17.0 Å². The van der Waals surface area contributed by atoms with Gasteiger partial charge in [0.15, 0.2) is 0 Å². The molecule has 1 unspecified atom stereocenters. The Balaban J connectivity index is 1.57. The van der Waals surface area contributed by atoms with Crippen molar-refractivity contribution >= 4 is 11.8 Å². The van der Waals surface area contributed by atoms with E-state index >= 15 is 0 Å². The van der Waals surface area contributed by atoms with Crippen LogP contribution in [0.4, 0.5) is 4.39 Å². The Hall–Kier alpha value is -2.69. The molecule has 2 aromatic carbocycles. The monoisotopic (exact) mass is 382 g/mol. The molecule has 0 saturated carbocycles. The van der Waals surface area contributed by atoms with Crippen LogP contribution in [0.1, 0.15) is 36.8 Å². The fraction of sp³-hybridized carbons (Fsp3) is 0.391. The topological polar surface area (TPSA) is 40.6 Å². The third-order valence-electron chi connectivity index (χ3n) is 5.29. The Kier molecular flexibility index (Phi) is 6.80. The van der Waals surface area contributed by atoms with Gasteiger partial charge < -0.3 is 9.80 Å². The third kappa shape index (κ3) is 4.97. The summed E-state index contributed by atoms with van der Waals surface area (Å²) in [7, 11) is 0. The number of carbonyl (C=O) groups is 2. The van der Waals surface area contributed by atoms with E-state index in [2.05, 4.69) is 6.92 Å². The highest BCUT2D eigenvalue weighted by Gasteiger charge is 2.29. The zero-order valence-electron chi connectivity index (χ0n) is 16.3. The molecule has 28 heavy (non-hydrogen) atoms. The van der Waals surface area contributed by atoms with Crippen molar-refractivity contribution in [3.8, 4) is 0 Å². The maximum Gasteiger partial charge on any atom is 0.230 e. The molecule has 0 spiro atoms. The van der Waals surface area contributed by atoms with Crippen LogP contribution in [-0.2, 0) is 16.0 Å². The van der Waals surface area contributed by atoms with Crippen molar-refractivity contribution in [2.45, 2.75) is 32.1 Å². The Labute approximate surface area is 166 Å². The number of hydrogen-bond donors (Lipinski definition) is 0. The van der Waals surface area contributed by atoms with Gasteiger partial charge in [-0.25, -0.2) is 4.39 Å². The van der Waals surface area contributed by atoms with Gasteiger partial charge in [-0.3, -0.25) is 9.59 Å². The van der Waals surface area contributed by atoms with E-state index in [0.717, 1.165) is 24.0 Å². The fourth-order valence-corrected chi connectivity index (χ4v) is 3.69. The lowest BCUT2D eigenvalue weighted by Gasteiger charge is -2.36. The van der Waals surface area contributed by atoms with E-state index in [-0.39, 0.29) is 30.0 Å². The summed E-state index contributed by atoms with van der Waals surface area (Å²) in [5.41, 5.74) is 1.86. The summed E-state index contributed by atoms with van der Waals surface area (Å²) in [6.45, 7) is 4.29. The van der Waals surface area contributed by atoms with Crippen molar-refractivity contribution in [3.05, 3.63) is 71.5 Å². The van der Waals surface area contributed by atoms with Gasteiger partial charge in [0, 0.05) is 26.2 Å². The van der Waals surface area contributed by atoms with E-state index in [4.69, 9.17) is 0 Å². The van der Waals surface area contributed by atoms with Crippen LogP contribution in [0.5, 0.6) is 0 Å². The van der Waals surface area contributed by atoms with Crippen LogP contribution < -0.4 is 0 Å². The molecular formula is C23H27FN2O2. The number of benzene rings is 2. The normalized spacial score (nSPS) is 15.4. The maximum atomic E-state index is 13.1. The van der Waals surface area contributed by atoms with Crippen LogP contribution in [0.2, 0.25) is 0 Å². The average molecular weight is 382 g/mol. The third-order valence-corrected chi connectivity index (χ3v) is 5.29. The van der Waals surface area contributed by atoms with Crippen molar-refractivity contribution in [1.29, 1.82) is 0 Å². The first-order chi connectivity index (χ1) is 13.6. The summed E-state index contributed by atoms with van der Waals surface area (Å²) < 4.78 is 13.0. The number of hydrogen-bond acceptors (Lipinski definition) is 2. The number of amides is 2. The van der Waals surface area contributed by atoms with Gasteiger partial charge in [0.25, 0.3) is 0 Å². The van der Waals surface area contributed by atoms with Crippen LogP contribution in [0.3, 0.4) is 0 Å². The SMILES string of the molecule is CCCC(C(=O)N1CCN(C(=O)Cc2ccc(F)cc2)CC1)c1ccccc1. The van der Waals surface area contributed by atoms with Gasteiger partial charge in [0.2, 0.25) is 11.8 Å². The molecule has 1 saturated heterocycles. The number of rotatable bonds is 6. The van der Waals surface area contributed by atoms with E-state index in [1.165, 1.54) is 12.1 Å². The number of nitrogens with zero attached hydrogens (tertiary/aromatic N) is 2. The van der Waals surface area contributed by atoms with Crippen molar-refractivity contribution in [2.75, 3.05) is 26.2 Å². The van der Waals surface area contributed by atoms with Crippen molar-refractivity contribution < 1.29 is 14.0 Å². The largest absolute Gasteiger partial charge is 0.339 e. The predicted octanol–water partition coefficient (Wildman–Crippen LogP) is 3.62. The van der Waals surface area contributed by atoms with E-state index < -0.39 is 0 Å². The molecule has 2 aromatic rings. The first-order valence-corrected chi connectivity index (χ1v) is 9.94. The number of carbonyl (C=O) groups excluding carboxylic acids is 2. The smallest absolute Gasteiger partial charge is 0.230 e. The summed E-state index contributed by atoms with van der Waals surface area (Å²) in [5, 5.41) is 0. The van der Waals surface area contributed by atoms with Crippen molar-refractivity contribution in [1.82, 2.24) is 9.80 Å². The van der Waals surface area contributed by atoms with Crippen LogP contribution in [0.15, 0.2) is 54.6 Å². The van der Waals surface area contributed by atoms with Gasteiger partial charge in [-0.1, -0.05) is 55.8 Å². The second kappa shape index (κ2) is 9.49. The predicted molar refractivity (Wildman–Crippen MR) is 107 cm³/mol. The van der Waals surface area contributed by atoms with Crippen LogP contribution >= 0.6 is 0 Å². The molecule has 0 aromatic heterocycles. The minimum Gasteiger partial charge on any atom is -0.339 e. The van der Waals surface area contributed by atoms with Crippen molar-refractivity contribution in [2.24, 2.45) is 0 Å². The maximum absolute atomic E-state index is 13.1. The summed E-state index contributed by atoms with van der Waals surface area (Å²) in [4.78, 5) is 29.3. The standard InChI is InChI=1S/C23H27FN2O2/c1-2-6-21(19-7-4-3-5-8-19)23(28)26-15-13-25(14-16-26)22(27)17-18-9-11-20(24)12-10-18/h3-5,7-12,21H,2,6,13-17H2,1H3. The minimum atomic E-state index is -0.302. The molecule has 5 heteroatoms. The molecule has 1 fully saturated rings. The quantitative estimate of drug-likeness (QED) is 0.766. The molecular weight excluding hydrogens is 355 g/mol. The molecule has 4 nitrogen and oxygen atoms in total. The van der Waals surface area contributed by atoms with Crippen LogP contribution in [-0.4, -0.2) is 47.8 Å². The summed E-state index contributed by atoms with van der Waals surface area (Å²) >= 11 is 0. The molecule has 0 bridgehead atoms. The number of piperazine rings is 1. The Morgan fingerprint density at radius 3 is 2.14 bits per heavy atom. The molecule has 0 N–H and O–H groups in total. The Bertz CT molecular complexity index is 784. The molecule has 1 heterocycles. The molecule has 2 amide bonds. The van der Waals surface area contributed by atoms with Gasteiger partial charge in [-0.2, -0.15) is 0 Å². The first-order valence-electron chi connectivity index (χ1n) is 9.94. The van der Waals surface area contributed by atoms with Crippen molar-refractivity contribution in [3.63, 3.8) is 0 Å². The first kappa shape index (κ1) is 20.1. The molecule has 0 aliphatic carbocycles. The highest BCUT2D eigenvalue weighted by molar-refractivity contribution is 5.84. The van der Waals surface area contributed by atoms with E-state index in [1.807, 2.05) is 35.2 Å². The molecule has 1 aliphatic heterocycles. The zero-order chi connectivity index (χ0) is 19.9. The highest BCUT2D eigenvalue weighted by atomic mass is 19.1. The second-order valence-corrected chi connectivity index (χ2v) is 7.26. The van der Waals surface area contributed by atoms with Gasteiger partial charge in [-0.15, -0.1) is 0 Å².